The molecule has 0 saturated carbocycles. The first kappa shape index (κ1) is 15.4. The highest BCUT2D eigenvalue weighted by atomic mass is 79.9. The van der Waals surface area contributed by atoms with Gasteiger partial charge in [0, 0.05) is 28.9 Å². The summed E-state index contributed by atoms with van der Waals surface area (Å²) in [6, 6.07) is 9.88. The van der Waals surface area contributed by atoms with E-state index in [9.17, 15) is 9.18 Å². The normalized spacial score (nSPS) is 10.8. The standard InChI is InChI=1S/C16H14BrFN2O/c1-2-20(15-9-8-13(17)11-19-15)16(21)10-7-12-5-3-4-6-14(12)18/h3-11H,2H2,1H3/b10-7+. The van der Waals surface area contributed by atoms with Crippen LogP contribution in [-0.4, -0.2) is 17.4 Å². The first-order valence-electron chi connectivity index (χ1n) is 6.47. The van der Waals surface area contributed by atoms with Crippen molar-refractivity contribution in [3.05, 3.63) is 64.5 Å². The van der Waals surface area contributed by atoms with Gasteiger partial charge in [0.15, 0.2) is 0 Å². The Kier molecular flexibility index (Phi) is 5.22. The van der Waals surface area contributed by atoms with E-state index in [1.807, 2.05) is 13.0 Å². The van der Waals surface area contributed by atoms with Crippen LogP contribution >= 0.6 is 15.9 Å². The number of nitrogens with zero attached hydrogens (tertiary/aromatic N) is 2. The lowest BCUT2D eigenvalue weighted by Gasteiger charge is -2.17. The molecule has 2 rings (SSSR count). The SMILES string of the molecule is CCN(C(=O)/C=C/c1ccccc1F)c1ccc(Br)cn1. The van der Waals surface area contributed by atoms with Crippen molar-refractivity contribution < 1.29 is 9.18 Å². The van der Waals surface area contributed by atoms with Crippen LogP contribution in [0.2, 0.25) is 0 Å². The number of hydrogen-bond acceptors (Lipinski definition) is 2. The molecule has 1 heterocycles. The molecule has 1 amide bonds. The molecule has 0 saturated heterocycles. The molecule has 0 unspecified atom stereocenters. The minimum atomic E-state index is -0.355. The average Bonchev–Trinajstić information content (AvgIpc) is 2.49. The van der Waals surface area contributed by atoms with E-state index in [2.05, 4.69) is 20.9 Å². The first-order chi connectivity index (χ1) is 10.1. The van der Waals surface area contributed by atoms with Crippen LogP contribution in [0.15, 0.2) is 53.1 Å². The fourth-order valence-corrected chi connectivity index (χ4v) is 2.05. The zero-order chi connectivity index (χ0) is 15.2. The van der Waals surface area contributed by atoms with Gasteiger partial charge in [-0.15, -0.1) is 0 Å². The van der Waals surface area contributed by atoms with Crippen LogP contribution in [0.25, 0.3) is 6.08 Å². The summed E-state index contributed by atoms with van der Waals surface area (Å²) in [5.74, 6) is -0.0363. The van der Waals surface area contributed by atoms with Gasteiger partial charge in [0.1, 0.15) is 11.6 Å². The van der Waals surface area contributed by atoms with Crippen molar-refractivity contribution in [3.8, 4) is 0 Å². The fraction of sp³-hybridized carbons (Fsp3) is 0.125. The van der Waals surface area contributed by atoms with E-state index in [4.69, 9.17) is 0 Å². The molecule has 108 valence electrons. The minimum Gasteiger partial charge on any atom is -0.294 e. The quantitative estimate of drug-likeness (QED) is 0.781. The van der Waals surface area contributed by atoms with Crippen LogP contribution in [0.5, 0.6) is 0 Å². The molecule has 3 nitrogen and oxygen atoms in total. The van der Waals surface area contributed by atoms with Gasteiger partial charge in [0.2, 0.25) is 0 Å². The van der Waals surface area contributed by atoms with Gasteiger partial charge in [-0.2, -0.15) is 0 Å². The van der Waals surface area contributed by atoms with Gasteiger partial charge in [0.25, 0.3) is 5.91 Å². The zero-order valence-corrected chi connectivity index (χ0v) is 13.0. The molecule has 2 aromatic rings. The molecule has 1 aromatic heterocycles. The maximum Gasteiger partial charge on any atom is 0.252 e. The van der Waals surface area contributed by atoms with Gasteiger partial charge in [-0.05, 0) is 47.1 Å². The molecule has 0 aliphatic carbocycles. The number of rotatable bonds is 4. The summed E-state index contributed by atoms with van der Waals surface area (Å²) in [4.78, 5) is 17.9. The molecule has 0 spiro atoms. The van der Waals surface area contributed by atoms with Crippen molar-refractivity contribution in [2.24, 2.45) is 0 Å². The van der Waals surface area contributed by atoms with E-state index in [-0.39, 0.29) is 11.7 Å². The highest BCUT2D eigenvalue weighted by molar-refractivity contribution is 9.10. The minimum absolute atomic E-state index is 0.240. The van der Waals surface area contributed by atoms with E-state index in [1.54, 1.807) is 30.5 Å². The molecule has 0 aliphatic heterocycles. The number of carbonyl (C=O) groups is 1. The summed E-state index contributed by atoms with van der Waals surface area (Å²) in [5.41, 5.74) is 0.380. The van der Waals surface area contributed by atoms with Crippen molar-refractivity contribution in [2.45, 2.75) is 6.92 Å². The molecular formula is C16H14BrFN2O. The molecule has 5 heteroatoms. The summed E-state index contributed by atoms with van der Waals surface area (Å²) in [5, 5.41) is 0. The number of anilines is 1. The number of aromatic nitrogens is 1. The second-order valence-corrected chi connectivity index (χ2v) is 5.19. The molecule has 0 bridgehead atoms. The molecule has 1 aromatic carbocycles. The van der Waals surface area contributed by atoms with Gasteiger partial charge in [-0.3, -0.25) is 9.69 Å². The largest absolute Gasteiger partial charge is 0.294 e. The number of halogens is 2. The van der Waals surface area contributed by atoms with Gasteiger partial charge in [-0.1, -0.05) is 18.2 Å². The van der Waals surface area contributed by atoms with E-state index in [0.29, 0.717) is 17.9 Å². The number of amides is 1. The van der Waals surface area contributed by atoms with Gasteiger partial charge in [-0.25, -0.2) is 9.37 Å². The van der Waals surface area contributed by atoms with Crippen LogP contribution in [-0.2, 0) is 4.79 Å². The number of hydrogen-bond donors (Lipinski definition) is 0. The lowest BCUT2D eigenvalue weighted by molar-refractivity contribution is -0.114. The third kappa shape index (κ3) is 3.98. The van der Waals surface area contributed by atoms with Crippen LogP contribution in [0.3, 0.4) is 0 Å². The third-order valence-electron chi connectivity index (χ3n) is 2.88. The zero-order valence-electron chi connectivity index (χ0n) is 11.5. The molecule has 0 atom stereocenters. The predicted octanol–water partition coefficient (Wildman–Crippen LogP) is 4.05. The topological polar surface area (TPSA) is 33.2 Å². The van der Waals surface area contributed by atoms with Crippen LogP contribution in [0.1, 0.15) is 12.5 Å². The second kappa shape index (κ2) is 7.13. The Morgan fingerprint density at radius 3 is 2.71 bits per heavy atom. The number of likely N-dealkylation sites (N-methyl/N-ethyl adjacent to an activating group) is 1. The first-order valence-corrected chi connectivity index (χ1v) is 7.26. The lowest BCUT2D eigenvalue weighted by atomic mass is 10.2. The smallest absolute Gasteiger partial charge is 0.252 e. The summed E-state index contributed by atoms with van der Waals surface area (Å²) in [7, 11) is 0. The van der Waals surface area contributed by atoms with Crippen molar-refractivity contribution in [2.75, 3.05) is 11.4 Å². The molecule has 0 radical (unpaired) electrons. The fourth-order valence-electron chi connectivity index (χ4n) is 1.82. The summed E-state index contributed by atoms with van der Waals surface area (Å²) >= 11 is 3.30. The summed E-state index contributed by atoms with van der Waals surface area (Å²) in [6.07, 6.45) is 4.46. The number of carbonyl (C=O) groups excluding carboxylic acids is 1. The van der Waals surface area contributed by atoms with E-state index < -0.39 is 0 Å². The molecule has 0 aliphatic rings. The molecular weight excluding hydrogens is 335 g/mol. The molecule has 0 N–H and O–H groups in total. The average molecular weight is 349 g/mol. The van der Waals surface area contributed by atoms with Gasteiger partial charge < -0.3 is 0 Å². The molecule has 0 fully saturated rings. The number of pyridine rings is 1. The Morgan fingerprint density at radius 1 is 1.33 bits per heavy atom. The monoisotopic (exact) mass is 348 g/mol. The second-order valence-electron chi connectivity index (χ2n) is 4.27. The van der Waals surface area contributed by atoms with E-state index >= 15 is 0 Å². The Balaban J connectivity index is 2.17. The Hall–Kier alpha value is -2.01. The van der Waals surface area contributed by atoms with Crippen LogP contribution in [0.4, 0.5) is 10.2 Å². The predicted molar refractivity (Wildman–Crippen MR) is 85.4 cm³/mol. The highest BCUT2D eigenvalue weighted by Crippen LogP contribution is 2.16. The van der Waals surface area contributed by atoms with Crippen molar-refractivity contribution in [1.82, 2.24) is 4.98 Å². The van der Waals surface area contributed by atoms with Gasteiger partial charge in [0.05, 0.1) is 0 Å². The summed E-state index contributed by atoms with van der Waals surface area (Å²) in [6.45, 7) is 2.34. The Bertz CT molecular complexity index is 656. The third-order valence-corrected chi connectivity index (χ3v) is 3.35. The van der Waals surface area contributed by atoms with E-state index in [1.165, 1.54) is 23.1 Å². The van der Waals surface area contributed by atoms with Crippen molar-refractivity contribution in [1.29, 1.82) is 0 Å². The number of benzene rings is 1. The Labute approximate surface area is 131 Å². The Morgan fingerprint density at radius 2 is 2.10 bits per heavy atom. The van der Waals surface area contributed by atoms with Crippen LogP contribution in [0, 0.1) is 5.82 Å². The maximum absolute atomic E-state index is 13.5. The highest BCUT2D eigenvalue weighted by Gasteiger charge is 2.12. The molecule has 21 heavy (non-hydrogen) atoms. The van der Waals surface area contributed by atoms with Gasteiger partial charge >= 0.3 is 0 Å². The van der Waals surface area contributed by atoms with Crippen LogP contribution < -0.4 is 4.90 Å². The lowest BCUT2D eigenvalue weighted by Crippen LogP contribution is -2.29. The van der Waals surface area contributed by atoms with E-state index in [0.717, 1.165) is 4.47 Å². The van der Waals surface area contributed by atoms with Crippen molar-refractivity contribution in [3.63, 3.8) is 0 Å². The maximum atomic E-state index is 13.5. The summed E-state index contributed by atoms with van der Waals surface area (Å²) < 4.78 is 14.3. The van der Waals surface area contributed by atoms with Crippen molar-refractivity contribution >= 4 is 33.7 Å².